The van der Waals surface area contributed by atoms with Crippen LogP contribution in [0.5, 0.6) is 0 Å². The average Bonchev–Trinajstić information content (AvgIpc) is 3.28. The Kier molecular flexibility index (Phi) is 4.27. The van der Waals surface area contributed by atoms with E-state index in [9.17, 15) is 18.0 Å². The summed E-state index contributed by atoms with van der Waals surface area (Å²) in [6, 6.07) is 5.03. The minimum absolute atomic E-state index is 0.0700. The number of halogens is 3. The molecule has 2 rings (SSSR count). The molecule has 1 aromatic carbocycles. The zero-order valence-corrected chi connectivity index (χ0v) is 11.7. The largest absolute Gasteiger partial charge is 0.469 e. The first-order valence-corrected chi connectivity index (χ1v) is 6.78. The van der Waals surface area contributed by atoms with Gasteiger partial charge in [-0.25, -0.2) is 0 Å². The van der Waals surface area contributed by atoms with Gasteiger partial charge in [0.25, 0.3) is 0 Å². The number of alkyl halides is 3. The molecule has 1 aliphatic carbocycles. The summed E-state index contributed by atoms with van der Waals surface area (Å²) in [5.41, 5.74) is 4.59. The Labute approximate surface area is 121 Å². The number of rotatable bonds is 5. The van der Waals surface area contributed by atoms with E-state index in [1.807, 2.05) is 0 Å². The highest BCUT2D eigenvalue weighted by Crippen LogP contribution is 2.48. The zero-order valence-electron chi connectivity index (χ0n) is 11.7. The van der Waals surface area contributed by atoms with Gasteiger partial charge in [0.15, 0.2) is 0 Å². The average molecular weight is 301 g/mol. The quantitative estimate of drug-likeness (QED) is 0.851. The van der Waals surface area contributed by atoms with Crippen molar-refractivity contribution in [3.63, 3.8) is 0 Å². The van der Waals surface area contributed by atoms with Gasteiger partial charge in [-0.15, -0.1) is 0 Å². The van der Waals surface area contributed by atoms with Crippen LogP contribution in [0.2, 0.25) is 0 Å². The predicted octanol–water partition coefficient (Wildman–Crippen LogP) is 2.78. The van der Waals surface area contributed by atoms with Gasteiger partial charge in [0, 0.05) is 6.54 Å². The van der Waals surface area contributed by atoms with E-state index in [-0.39, 0.29) is 18.9 Å². The first kappa shape index (κ1) is 15.8. The Morgan fingerprint density at radius 2 is 2.05 bits per heavy atom. The van der Waals surface area contributed by atoms with Crippen molar-refractivity contribution in [2.45, 2.75) is 25.4 Å². The molecule has 3 nitrogen and oxygen atoms in total. The fraction of sp³-hybridized carbons (Fsp3) is 0.533. The van der Waals surface area contributed by atoms with Gasteiger partial charge >= 0.3 is 12.1 Å². The van der Waals surface area contributed by atoms with Crippen LogP contribution in [-0.2, 0) is 22.1 Å². The number of carbonyl (C=O) groups is 1. The van der Waals surface area contributed by atoms with Gasteiger partial charge in [0.2, 0.25) is 0 Å². The monoisotopic (exact) mass is 301 g/mol. The van der Waals surface area contributed by atoms with Crippen LogP contribution in [0.15, 0.2) is 24.3 Å². The van der Waals surface area contributed by atoms with Crippen LogP contribution in [0.4, 0.5) is 13.2 Å². The molecule has 0 radical (unpaired) electrons. The second-order valence-electron chi connectivity index (χ2n) is 5.50. The molecular formula is C15H18F3NO2. The van der Waals surface area contributed by atoms with Crippen LogP contribution in [-0.4, -0.2) is 19.6 Å². The van der Waals surface area contributed by atoms with Gasteiger partial charge in [-0.2, -0.15) is 13.2 Å². The van der Waals surface area contributed by atoms with Crippen molar-refractivity contribution in [3.05, 3.63) is 35.4 Å². The van der Waals surface area contributed by atoms with Crippen molar-refractivity contribution in [2.24, 2.45) is 17.1 Å². The van der Waals surface area contributed by atoms with E-state index in [4.69, 9.17) is 10.5 Å². The lowest BCUT2D eigenvalue weighted by Gasteiger charge is -2.30. The Balaban J connectivity index is 2.31. The summed E-state index contributed by atoms with van der Waals surface area (Å²) in [6.45, 7) is 0.0700. The summed E-state index contributed by atoms with van der Waals surface area (Å²) in [6.07, 6.45) is -2.52. The van der Waals surface area contributed by atoms with Crippen LogP contribution in [0.3, 0.4) is 0 Å². The lowest BCUT2D eigenvalue weighted by molar-refractivity contribution is -0.153. The molecule has 116 valence electrons. The third-order valence-electron chi connectivity index (χ3n) is 4.09. The molecule has 0 heterocycles. The first-order chi connectivity index (χ1) is 9.83. The van der Waals surface area contributed by atoms with E-state index in [0.717, 1.165) is 25.0 Å². The summed E-state index contributed by atoms with van der Waals surface area (Å²) >= 11 is 0. The minimum atomic E-state index is -4.40. The molecule has 1 unspecified atom stereocenters. The lowest BCUT2D eigenvalue weighted by atomic mass is 9.77. The van der Waals surface area contributed by atoms with Gasteiger partial charge < -0.3 is 10.5 Å². The normalized spacial score (nSPS) is 18.1. The SMILES string of the molecule is COC(=O)C(CN)(Cc1cccc(C(F)(F)F)c1)C1CC1. The molecule has 0 aromatic heterocycles. The molecule has 0 spiro atoms. The Bertz CT molecular complexity index is 526. The first-order valence-electron chi connectivity index (χ1n) is 6.78. The third-order valence-corrected chi connectivity index (χ3v) is 4.09. The molecule has 1 fully saturated rings. The highest BCUT2D eigenvalue weighted by atomic mass is 19.4. The number of carbonyl (C=O) groups excluding carboxylic acids is 1. The molecule has 1 saturated carbocycles. The van der Waals surface area contributed by atoms with Crippen LogP contribution < -0.4 is 5.73 Å². The van der Waals surface area contributed by atoms with Crippen molar-refractivity contribution in [2.75, 3.05) is 13.7 Å². The summed E-state index contributed by atoms with van der Waals surface area (Å²) in [4.78, 5) is 12.1. The summed E-state index contributed by atoms with van der Waals surface area (Å²) in [5.74, 6) is -0.352. The number of nitrogens with two attached hydrogens (primary N) is 1. The molecule has 21 heavy (non-hydrogen) atoms. The number of benzene rings is 1. The second kappa shape index (κ2) is 5.67. The van der Waals surface area contributed by atoms with Crippen LogP contribution in [0.25, 0.3) is 0 Å². The van der Waals surface area contributed by atoms with E-state index in [0.29, 0.717) is 5.56 Å². The number of hydrogen-bond donors (Lipinski definition) is 1. The number of ether oxygens (including phenoxy) is 1. The van der Waals surface area contributed by atoms with Gasteiger partial charge in [0.1, 0.15) is 0 Å². The topological polar surface area (TPSA) is 52.3 Å². The molecular weight excluding hydrogens is 283 g/mol. The molecule has 0 aliphatic heterocycles. The van der Waals surface area contributed by atoms with E-state index in [1.165, 1.54) is 13.2 Å². The highest BCUT2D eigenvalue weighted by Gasteiger charge is 2.50. The summed E-state index contributed by atoms with van der Waals surface area (Å²) in [7, 11) is 1.28. The number of esters is 1. The molecule has 0 amide bonds. The van der Waals surface area contributed by atoms with Crippen molar-refractivity contribution in [1.82, 2.24) is 0 Å². The second-order valence-corrected chi connectivity index (χ2v) is 5.50. The fourth-order valence-electron chi connectivity index (χ4n) is 2.77. The minimum Gasteiger partial charge on any atom is -0.469 e. The van der Waals surface area contributed by atoms with Gasteiger partial charge in [-0.1, -0.05) is 18.2 Å². The van der Waals surface area contributed by atoms with E-state index in [1.54, 1.807) is 6.07 Å². The highest BCUT2D eigenvalue weighted by molar-refractivity contribution is 5.78. The van der Waals surface area contributed by atoms with Gasteiger partial charge in [0.05, 0.1) is 18.1 Å². The fourth-order valence-corrected chi connectivity index (χ4v) is 2.77. The maximum Gasteiger partial charge on any atom is 0.416 e. The third kappa shape index (κ3) is 3.20. The van der Waals surface area contributed by atoms with E-state index >= 15 is 0 Å². The molecule has 0 saturated heterocycles. The summed E-state index contributed by atoms with van der Waals surface area (Å²) in [5, 5.41) is 0. The van der Waals surface area contributed by atoms with Crippen molar-refractivity contribution in [3.8, 4) is 0 Å². The Morgan fingerprint density at radius 1 is 1.38 bits per heavy atom. The standard InChI is InChI=1S/C15H18F3NO2/c1-21-13(20)14(9-19,11-5-6-11)8-10-3-2-4-12(7-10)15(16,17)18/h2-4,7,11H,5-6,8-9,19H2,1H3. The molecule has 6 heteroatoms. The van der Waals surface area contributed by atoms with E-state index in [2.05, 4.69) is 0 Å². The zero-order chi connectivity index (χ0) is 15.7. The van der Waals surface area contributed by atoms with Crippen molar-refractivity contribution in [1.29, 1.82) is 0 Å². The predicted molar refractivity (Wildman–Crippen MR) is 71.4 cm³/mol. The lowest BCUT2D eigenvalue weighted by Crippen LogP contribution is -2.43. The molecule has 1 aromatic rings. The van der Waals surface area contributed by atoms with Crippen LogP contribution in [0, 0.1) is 11.3 Å². The van der Waals surface area contributed by atoms with Crippen LogP contribution >= 0.6 is 0 Å². The Hall–Kier alpha value is -1.56. The number of hydrogen-bond acceptors (Lipinski definition) is 3. The van der Waals surface area contributed by atoms with E-state index < -0.39 is 23.1 Å². The van der Waals surface area contributed by atoms with Gasteiger partial charge in [-0.3, -0.25) is 4.79 Å². The molecule has 1 atom stereocenters. The Morgan fingerprint density at radius 3 is 2.52 bits per heavy atom. The molecule has 0 bridgehead atoms. The smallest absolute Gasteiger partial charge is 0.416 e. The van der Waals surface area contributed by atoms with Gasteiger partial charge in [-0.05, 0) is 36.8 Å². The molecule has 2 N–H and O–H groups in total. The number of methoxy groups -OCH3 is 1. The maximum atomic E-state index is 12.8. The van der Waals surface area contributed by atoms with Crippen LogP contribution in [0.1, 0.15) is 24.0 Å². The van der Waals surface area contributed by atoms with Crippen molar-refractivity contribution < 1.29 is 22.7 Å². The maximum absolute atomic E-state index is 12.8. The summed E-state index contributed by atoms with van der Waals surface area (Å²) < 4.78 is 43.1. The van der Waals surface area contributed by atoms with Crippen molar-refractivity contribution >= 4 is 5.97 Å². The molecule has 1 aliphatic rings.